The van der Waals surface area contributed by atoms with Crippen LogP contribution in [0.4, 0.5) is 10.8 Å². The molecule has 0 saturated carbocycles. The van der Waals surface area contributed by atoms with Gasteiger partial charge in [0.2, 0.25) is 10.1 Å². The number of hydrogen-bond acceptors (Lipinski definition) is 6. The largest absolute Gasteiger partial charge is 0.495 e. The highest BCUT2D eigenvalue weighted by Crippen LogP contribution is 2.24. The van der Waals surface area contributed by atoms with E-state index < -0.39 is 0 Å². The normalized spacial score (nSPS) is 9.94. The van der Waals surface area contributed by atoms with Crippen LogP contribution in [0.3, 0.4) is 0 Å². The van der Waals surface area contributed by atoms with Gasteiger partial charge in [-0.05, 0) is 12.1 Å². The molecule has 0 aliphatic heterocycles. The molecule has 6 nitrogen and oxygen atoms in total. The van der Waals surface area contributed by atoms with Crippen molar-refractivity contribution in [3.05, 3.63) is 29.3 Å². The van der Waals surface area contributed by atoms with Gasteiger partial charge in [0, 0.05) is 0 Å². The zero-order chi connectivity index (χ0) is 12.3. The number of carbonyl (C=O) groups is 1. The summed E-state index contributed by atoms with van der Waals surface area (Å²) < 4.78 is 5.12. The van der Waals surface area contributed by atoms with E-state index in [1.807, 2.05) is 6.07 Å². The molecule has 0 saturated heterocycles. The molecule has 1 heterocycles. The molecule has 0 bridgehead atoms. The van der Waals surface area contributed by atoms with E-state index in [4.69, 9.17) is 10.5 Å². The molecular formula is C10H10N4O2S. The fourth-order valence-corrected chi connectivity index (χ4v) is 1.76. The predicted octanol–water partition coefficient (Wildman–Crippen LogP) is 1.38. The fraction of sp³-hybridized carbons (Fsp3) is 0.100. The smallest absolute Gasteiger partial charge is 0.286 e. The van der Waals surface area contributed by atoms with Crippen molar-refractivity contribution in [1.82, 2.24) is 10.2 Å². The van der Waals surface area contributed by atoms with E-state index in [1.165, 1.54) is 7.11 Å². The highest BCUT2D eigenvalue weighted by molar-refractivity contribution is 7.16. The first-order valence-corrected chi connectivity index (χ1v) is 5.55. The Balaban J connectivity index is 2.18. The lowest BCUT2D eigenvalue weighted by atomic mass is 10.3. The van der Waals surface area contributed by atoms with Crippen molar-refractivity contribution in [2.75, 3.05) is 18.2 Å². The van der Waals surface area contributed by atoms with Crippen LogP contribution in [0.15, 0.2) is 24.3 Å². The maximum Gasteiger partial charge on any atom is 0.286 e. The molecular weight excluding hydrogens is 240 g/mol. The zero-order valence-electron chi connectivity index (χ0n) is 9.01. The molecule has 0 atom stereocenters. The third kappa shape index (κ3) is 2.51. The van der Waals surface area contributed by atoms with Gasteiger partial charge in [0.1, 0.15) is 5.75 Å². The summed E-state index contributed by atoms with van der Waals surface area (Å²) in [7, 11) is 1.54. The molecule has 2 rings (SSSR count). The van der Waals surface area contributed by atoms with Gasteiger partial charge >= 0.3 is 0 Å². The molecule has 17 heavy (non-hydrogen) atoms. The van der Waals surface area contributed by atoms with E-state index in [0.29, 0.717) is 11.4 Å². The van der Waals surface area contributed by atoms with Gasteiger partial charge in [0.15, 0.2) is 0 Å². The van der Waals surface area contributed by atoms with Gasteiger partial charge in [-0.1, -0.05) is 23.5 Å². The van der Waals surface area contributed by atoms with Crippen molar-refractivity contribution in [2.24, 2.45) is 0 Å². The Bertz CT molecular complexity index is 541. The van der Waals surface area contributed by atoms with E-state index in [9.17, 15) is 4.79 Å². The number of nitrogens with two attached hydrogens (primary N) is 1. The van der Waals surface area contributed by atoms with E-state index >= 15 is 0 Å². The van der Waals surface area contributed by atoms with Gasteiger partial charge in [-0.3, -0.25) is 4.79 Å². The lowest BCUT2D eigenvalue weighted by Gasteiger charge is -2.07. The molecule has 2 aromatic rings. The maximum atomic E-state index is 11.8. The van der Waals surface area contributed by atoms with E-state index in [2.05, 4.69) is 15.5 Å². The summed E-state index contributed by atoms with van der Waals surface area (Å²) in [5.74, 6) is 0.224. The molecule has 0 fully saturated rings. The molecule has 0 radical (unpaired) electrons. The van der Waals surface area contributed by atoms with Gasteiger partial charge in [0.25, 0.3) is 5.91 Å². The minimum Gasteiger partial charge on any atom is -0.495 e. The van der Waals surface area contributed by atoms with Crippen molar-refractivity contribution in [2.45, 2.75) is 0 Å². The summed E-state index contributed by atoms with van der Waals surface area (Å²) in [4.78, 5) is 11.8. The Kier molecular flexibility index (Phi) is 3.20. The molecule has 1 aromatic carbocycles. The van der Waals surface area contributed by atoms with Gasteiger partial charge in [-0.2, -0.15) is 0 Å². The Hall–Kier alpha value is -2.15. The van der Waals surface area contributed by atoms with E-state index in [-0.39, 0.29) is 16.0 Å². The number of ether oxygens (including phenoxy) is 1. The number of methoxy groups -OCH3 is 1. The van der Waals surface area contributed by atoms with Crippen molar-refractivity contribution >= 4 is 28.1 Å². The number of anilines is 2. The first-order valence-electron chi connectivity index (χ1n) is 4.74. The van der Waals surface area contributed by atoms with Crippen LogP contribution in [0.1, 0.15) is 9.80 Å². The molecule has 1 amide bonds. The monoisotopic (exact) mass is 250 g/mol. The van der Waals surface area contributed by atoms with E-state index in [0.717, 1.165) is 11.3 Å². The average Bonchev–Trinajstić information content (AvgIpc) is 2.77. The van der Waals surface area contributed by atoms with Crippen molar-refractivity contribution in [3.8, 4) is 5.75 Å². The van der Waals surface area contributed by atoms with Crippen LogP contribution in [-0.2, 0) is 0 Å². The summed E-state index contributed by atoms with van der Waals surface area (Å²) in [5.41, 5.74) is 5.98. The molecule has 0 spiro atoms. The average molecular weight is 250 g/mol. The summed E-state index contributed by atoms with van der Waals surface area (Å²) in [6, 6.07) is 7.11. The molecule has 1 aromatic heterocycles. The summed E-state index contributed by atoms with van der Waals surface area (Å²) in [6.45, 7) is 0. The highest BCUT2D eigenvalue weighted by atomic mass is 32.1. The van der Waals surface area contributed by atoms with Crippen LogP contribution in [-0.4, -0.2) is 23.2 Å². The molecule has 0 unspecified atom stereocenters. The zero-order valence-corrected chi connectivity index (χ0v) is 9.82. The summed E-state index contributed by atoms with van der Waals surface area (Å²) in [5, 5.41) is 10.4. The minimum atomic E-state index is -0.358. The van der Waals surface area contributed by atoms with Gasteiger partial charge in [-0.25, -0.2) is 0 Å². The number of benzene rings is 1. The van der Waals surface area contributed by atoms with E-state index in [1.54, 1.807) is 18.2 Å². The fourth-order valence-electron chi connectivity index (χ4n) is 1.25. The van der Waals surface area contributed by atoms with Crippen molar-refractivity contribution in [1.29, 1.82) is 0 Å². The SMILES string of the molecule is COc1ccccc1NC(=O)c1nnc(N)s1. The van der Waals surface area contributed by atoms with Crippen LogP contribution in [0.5, 0.6) is 5.75 Å². The van der Waals surface area contributed by atoms with Crippen LogP contribution >= 0.6 is 11.3 Å². The molecule has 88 valence electrons. The number of rotatable bonds is 3. The van der Waals surface area contributed by atoms with Crippen LogP contribution in [0, 0.1) is 0 Å². The topological polar surface area (TPSA) is 90.1 Å². The number of aromatic nitrogens is 2. The Labute approximate surface area is 101 Å². The van der Waals surface area contributed by atoms with Gasteiger partial charge < -0.3 is 15.8 Å². The van der Waals surface area contributed by atoms with Crippen LogP contribution in [0.2, 0.25) is 0 Å². The number of nitrogens with one attached hydrogen (secondary N) is 1. The van der Waals surface area contributed by atoms with Crippen LogP contribution in [0.25, 0.3) is 0 Å². The second kappa shape index (κ2) is 4.79. The molecule has 3 N–H and O–H groups in total. The summed E-state index contributed by atoms with van der Waals surface area (Å²) >= 11 is 1.03. The van der Waals surface area contributed by atoms with Crippen molar-refractivity contribution in [3.63, 3.8) is 0 Å². The predicted molar refractivity (Wildman–Crippen MR) is 65.3 cm³/mol. The number of amides is 1. The number of nitrogens with zero attached hydrogens (tertiary/aromatic N) is 2. The number of nitrogen functional groups attached to an aromatic ring is 1. The van der Waals surface area contributed by atoms with Gasteiger partial charge in [-0.15, -0.1) is 10.2 Å². The second-order valence-corrected chi connectivity index (χ2v) is 4.11. The van der Waals surface area contributed by atoms with Gasteiger partial charge in [0.05, 0.1) is 12.8 Å². The maximum absolute atomic E-state index is 11.8. The molecule has 0 aliphatic rings. The third-order valence-electron chi connectivity index (χ3n) is 1.99. The Morgan fingerprint density at radius 1 is 1.41 bits per heavy atom. The summed E-state index contributed by atoms with van der Waals surface area (Å²) in [6.07, 6.45) is 0. The lowest BCUT2D eigenvalue weighted by molar-refractivity contribution is 0.102. The number of hydrogen-bond donors (Lipinski definition) is 2. The number of para-hydroxylation sites is 2. The Morgan fingerprint density at radius 3 is 2.82 bits per heavy atom. The standard InChI is InChI=1S/C10H10N4O2S/c1-16-7-5-3-2-4-6(7)12-8(15)9-13-14-10(11)17-9/h2-5H,1H3,(H2,11,14)(H,12,15). The number of carbonyl (C=O) groups excluding carboxylic acids is 1. The second-order valence-electron chi connectivity index (χ2n) is 3.10. The molecule has 7 heteroatoms. The first kappa shape index (κ1) is 11.3. The third-order valence-corrected chi connectivity index (χ3v) is 2.74. The Morgan fingerprint density at radius 2 is 2.18 bits per heavy atom. The molecule has 0 aliphatic carbocycles. The quantitative estimate of drug-likeness (QED) is 0.858. The lowest BCUT2D eigenvalue weighted by Crippen LogP contribution is -2.12. The van der Waals surface area contributed by atoms with Crippen molar-refractivity contribution < 1.29 is 9.53 Å². The first-order chi connectivity index (χ1) is 8.20. The highest BCUT2D eigenvalue weighted by Gasteiger charge is 2.13. The minimum absolute atomic E-state index is 0.216. The van der Waals surface area contributed by atoms with Crippen LogP contribution < -0.4 is 15.8 Å².